The highest BCUT2D eigenvalue weighted by atomic mass is 16.7. The van der Waals surface area contributed by atoms with Crippen LogP contribution in [0.2, 0.25) is 0 Å². The van der Waals surface area contributed by atoms with Gasteiger partial charge in [-0.25, -0.2) is 4.79 Å². The number of rotatable bonds is 2. The topological polar surface area (TPSA) is 49.7 Å². The van der Waals surface area contributed by atoms with Gasteiger partial charge >= 0.3 is 13.1 Å². The molecule has 1 saturated heterocycles. The molecule has 1 fully saturated rings. The Kier molecular flexibility index (Phi) is 4.52. The summed E-state index contributed by atoms with van der Waals surface area (Å²) in [7, 11) is -0.379. The van der Waals surface area contributed by atoms with Crippen molar-refractivity contribution in [3.63, 3.8) is 0 Å². The van der Waals surface area contributed by atoms with Gasteiger partial charge in [0.1, 0.15) is 5.60 Å². The van der Waals surface area contributed by atoms with Crippen LogP contribution < -0.4 is 5.46 Å². The van der Waals surface area contributed by atoms with Crippen molar-refractivity contribution in [2.75, 3.05) is 0 Å². The molecule has 0 aliphatic carbocycles. The molecule has 0 spiro atoms. The van der Waals surface area contributed by atoms with Gasteiger partial charge in [-0.2, -0.15) is 0 Å². The summed E-state index contributed by atoms with van der Waals surface area (Å²) >= 11 is 0. The number of benzene rings is 1. The third kappa shape index (κ3) is 3.64. The first-order valence-corrected chi connectivity index (χ1v) is 10.3. The van der Waals surface area contributed by atoms with Crippen molar-refractivity contribution in [2.24, 2.45) is 0 Å². The molecule has 0 bridgehead atoms. The number of carbonyl (C=O) groups excluding carboxylic acids is 1. The maximum Gasteiger partial charge on any atom is 0.494 e. The van der Waals surface area contributed by atoms with Gasteiger partial charge in [0.15, 0.2) is 0 Å². The van der Waals surface area contributed by atoms with E-state index >= 15 is 0 Å². The van der Waals surface area contributed by atoms with Gasteiger partial charge in [0.2, 0.25) is 0 Å². The van der Waals surface area contributed by atoms with E-state index in [1.165, 1.54) is 0 Å². The number of aryl methyl sites for hydroxylation is 1. The van der Waals surface area contributed by atoms with Gasteiger partial charge < -0.3 is 18.6 Å². The molecule has 0 atom stereocenters. The molecule has 0 radical (unpaired) electrons. The van der Waals surface area contributed by atoms with Gasteiger partial charge in [0, 0.05) is 23.8 Å². The van der Waals surface area contributed by atoms with E-state index in [0.29, 0.717) is 0 Å². The van der Waals surface area contributed by atoms with Crippen molar-refractivity contribution < 1.29 is 18.8 Å². The minimum atomic E-state index is -0.489. The molecule has 2 aliphatic heterocycles. The van der Waals surface area contributed by atoms with Crippen molar-refractivity contribution in [2.45, 2.75) is 78.2 Å². The van der Waals surface area contributed by atoms with Crippen LogP contribution in [-0.2, 0) is 25.4 Å². The molecule has 5 nitrogen and oxygen atoms in total. The van der Waals surface area contributed by atoms with Crippen LogP contribution in [0.4, 0.5) is 0 Å². The van der Waals surface area contributed by atoms with E-state index in [4.69, 9.17) is 14.0 Å². The highest BCUT2D eigenvalue weighted by molar-refractivity contribution is 6.62. The molecular formula is C23H30BNO4. The molecule has 2 aliphatic rings. The Bertz CT molecular complexity index is 994. The Balaban J connectivity index is 1.64. The Morgan fingerprint density at radius 3 is 2.41 bits per heavy atom. The maximum absolute atomic E-state index is 12.2. The monoisotopic (exact) mass is 395 g/mol. The highest BCUT2D eigenvalue weighted by Crippen LogP contribution is 2.37. The third-order valence-electron chi connectivity index (χ3n) is 6.08. The first-order chi connectivity index (χ1) is 13.4. The number of hydrogen-bond acceptors (Lipinski definition) is 4. The first kappa shape index (κ1) is 20.2. The summed E-state index contributed by atoms with van der Waals surface area (Å²) in [6.07, 6.45) is 2.47. The third-order valence-corrected chi connectivity index (χ3v) is 6.08. The van der Waals surface area contributed by atoms with E-state index < -0.39 is 5.60 Å². The predicted molar refractivity (Wildman–Crippen MR) is 116 cm³/mol. The van der Waals surface area contributed by atoms with Gasteiger partial charge in [-0.05, 0) is 83.4 Å². The van der Waals surface area contributed by atoms with Crippen molar-refractivity contribution in [1.29, 1.82) is 0 Å². The van der Waals surface area contributed by atoms with Crippen LogP contribution >= 0.6 is 0 Å². The summed E-state index contributed by atoms with van der Waals surface area (Å²) < 4.78 is 20.1. The van der Waals surface area contributed by atoms with E-state index in [1.54, 1.807) is 6.08 Å². The second kappa shape index (κ2) is 6.48. The lowest BCUT2D eigenvalue weighted by atomic mass is 9.78. The van der Waals surface area contributed by atoms with Crippen molar-refractivity contribution >= 4 is 35.0 Å². The predicted octanol–water partition coefficient (Wildman–Crippen LogP) is 4.07. The van der Waals surface area contributed by atoms with E-state index in [-0.39, 0.29) is 24.3 Å². The van der Waals surface area contributed by atoms with Crippen LogP contribution in [0.3, 0.4) is 0 Å². The number of carbonyl (C=O) groups is 1. The Labute approximate surface area is 173 Å². The Morgan fingerprint density at radius 1 is 1.14 bits per heavy atom. The molecule has 4 rings (SSSR count). The number of esters is 1. The molecule has 1 aromatic carbocycles. The molecule has 0 N–H and O–H groups in total. The molecule has 0 unspecified atom stereocenters. The lowest BCUT2D eigenvalue weighted by molar-refractivity contribution is -0.148. The smallest absolute Gasteiger partial charge is 0.457 e. The van der Waals surface area contributed by atoms with Crippen molar-refractivity contribution in [3.8, 4) is 0 Å². The van der Waals surface area contributed by atoms with E-state index in [1.807, 2.05) is 20.8 Å². The first-order valence-electron chi connectivity index (χ1n) is 10.3. The van der Waals surface area contributed by atoms with Crippen LogP contribution in [0.5, 0.6) is 0 Å². The molecule has 0 saturated carbocycles. The number of fused-ring (bicyclic) bond motifs is 3. The lowest BCUT2D eigenvalue weighted by Gasteiger charge is -2.32. The van der Waals surface area contributed by atoms with E-state index in [0.717, 1.165) is 40.6 Å². The zero-order valence-electron chi connectivity index (χ0n) is 18.5. The van der Waals surface area contributed by atoms with Gasteiger partial charge in [-0.3, -0.25) is 0 Å². The number of aromatic nitrogens is 1. The maximum atomic E-state index is 12.2. The fourth-order valence-corrected chi connectivity index (χ4v) is 3.90. The highest BCUT2D eigenvalue weighted by Gasteiger charge is 2.51. The lowest BCUT2D eigenvalue weighted by Crippen LogP contribution is -2.41. The molecule has 1 aromatic heterocycles. The van der Waals surface area contributed by atoms with Crippen LogP contribution in [0.15, 0.2) is 30.3 Å². The fourth-order valence-electron chi connectivity index (χ4n) is 3.90. The molecule has 6 heteroatoms. The molecule has 0 amide bonds. The zero-order valence-corrected chi connectivity index (χ0v) is 18.5. The molecule has 3 heterocycles. The quantitative estimate of drug-likeness (QED) is 0.437. The largest absolute Gasteiger partial charge is 0.494 e. The van der Waals surface area contributed by atoms with Crippen LogP contribution in [0.25, 0.3) is 16.5 Å². The van der Waals surface area contributed by atoms with Gasteiger partial charge in [0.05, 0.1) is 11.2 Å². The normalized spacial score (nSPS) is 21.8. The minimum Gasteiger partial charge on any atom is -0.457 e. The number of nitrogens with zero attached hydrogens (tertiary/aromatic N) is 1. The van der Waals surface area contributed by atoms with Crippen LogP contribution in [0, 0.1) is 0 Å². The summed E-state index contributed by atoms with van der Waals surface area (Å²) in [5.41, 5.74) is 3.06. The fraction of sp³-hybridized carbons (Fsp3) is 0.522. The molecular weight excluding hydrogens is 365 g/mol. The number of hydrogen-bond donors (Lipinski definition) is 0. The second-order valence-corrected chi connectivity index (χ2v) is 10.0. The summed E-state index contributed by atoms with van der Waals surface area (Å²) in [6.45, 7) is 14.8. The molecule has 2 aromatic rings. The number of allylic oxidation sites excluding steroid dienone is 1. The summed E-state index contributed by atoms with van der Waals surface area (Å²) in [4.78, 5) is 12.2. The second-order valence-electron chi connectivity index (χ2n) is 10.0. The SMILES string of the molecule is CC(C)(C)OC(=O)C=C1CCn2c1cc1cc(B3OC(C)(C)C(C)(C)O3)ccc12. The van der Waals surface area contributed by atoms with Gasteiger partial charge in [0.25, 0.3) is 0 Å². The van der Waals surface area contributed by atoms with E-state index in [2.05, 4.69) is 56.5 Å². The Morgan fingerprint density at radius 2 is 1.79 bits per heavy atom. The minimum absolute atomic E-state index is 0.288. The average molecular weight is 395 g/mol. The van der Waals surface area contributed by atoms with Gasteiger partial charge in [-0.1, -0.05) is 12.1 Å². The summed E-state index contributed by atoms with van der Waals surface area (Å²) in [5, 5.41) is 1.13. The zero-order chi connectivity index (χ0) is 21.2. The molecule has 154 valence electrons. The van der Waals surface area contributed by atoms with Crippen molar-refractivity contribution in [3.05, 3.63) is 36.0 Å². The van der Waals surface area contributed by atoms with Crippen molar-refractivity contribution in [1.82, 2.24) is 4.57 Å². The van der Waals surface area contributed by atoms with Crippen LogP contribution in [0.1, 0.15) is 60.6 Å². The van der Waals surface area contributed by atoms with Gasteiger partial charge in [-0.15, -0.1) is 0 Å². The Hall–Kier alpha value is -2.05. The standard InChI is InChI=1S/C23H30BNO4/c1-21(2,3)27-20(26)14-15-10-11-25-18-9-8-17(12-16(18)13-19(15)25)24-28-22(4,5)23(6,7)29-24/h8-9,12-14H,10-11H2,1-7H3. The molecule has 29 heavy (non-hydrogen) atoms. The summed E-state index contributed by atoms with van der Waals surface area (Å²) in [6, 6.07) is 8.48. The van der Waals surface area contributed by atoms with Crippen LogP contribution in [-0.4, -0.2) is 34.5 Å². The number of ether oxygens (including phenoxy) is 1. The van der Waals surface area contributed by atoms with E-state index in [9.17, 15) is 4.79 Å². The average Bonchev–Trinajstić information content (AvgIpc) is 3.17. The summed E-state index contributed by atoms with van der Waals surface area (Å²) in [5.74, 6) is -0.288.